The van der Waals surface area contributed by atoms with E-state index in [2.05, 4.69) is 120 Å². The van der Waals surface area contributed by atoms with Gasteiger partial charge in [0.25, 0.3) is 0 Å². The zero-order valence-electron chi connectivity index (χ0n) is 27.1. The van der Waals surface area contributed by atoms with E-state index < -0.39 is 0 Å². The van der Waals surface area contributed by atoms with Gasteiger partial charge < -0.3 is 9.97 Å². The number of rotatable bonds is 5. The molecule has 0 aliphatic carbocycles. The van der Waals surface area contributed by atoms with Crippen LogP contribution in [0.4, 0.5) is 0 Å². The van der Waals surface area contributed by atoms with Gasteiger partial charge in [-0.15, -0.1) is 59.7 Å². The van der Waals surface area contributed by atoms with Crippen molar-refractivity contribution in [2.45, 2.75) is 13.8 Å². The quantitative estimate of drug-likeness (QED) is 0.163. The average molecular weight is 809 g/mol. The first-order valence-corrected chi connectivity index (χ1v) is 15.9. The van der Waals surface area contributed by atoms with Crippen molar-refractivity contribution in [3.63, 3.8) is 0 Å². The molecule has 0 atom stereocenters. The Bertz CT molecular complexity index is 2290. The van der Waals surface area contributed by atoms with Crippen molar-refractivity contribution in [1.82, 2.24) is 19.9 Å². The summed E-state index contributed by atoms with van der Waals surface area (Å²) >= 11 is 0. The van der Waals surface area contributed by atoms with E-state index in [9.17, 15) is 0 Å². The van der Waals surface area contributed by atoms with Crippen LogP contribution in [0.25, 0.3) is 66.8 Å². The van der Waals surface area contributed by atoms with Gasteiger partial charge in [-0.1, -0.05) is 113 Å². The fourth-order valence-electron chi connectivity index (χ4n) is 5.76. The van der Waals surface area contributed by atoms with Crippen molar-refractivity contribution in [2.24, 2.45) is 0 Å². The molecular formula is C44H32IrN4-2. The number of pyridine rings is 2. The molecule has 0 aliphatic rings. The van der Waals surface area contributed by atoms with Crippen LogP contribution in [0.3, 0.4) is 0 Å². The fourth-order valence-corrected chi connectivity index (χ4v) is 5.76. The van der Waals surface area contributed by atoms with E-state index in [1.54, 1.807) is 6.33 Å². The first-order valence-electron chi connectivity index (χ1n) is 15.9. The van der Waals surface area contributed by atoms with Crippen LogP contribution in [0, 0.1) is 26.0 Å². The molecule has 0 saturated heterocycles. The summed E-state index contributed by atoms with van der Waals surface area (Å²) < 4.78 is 0. The van der Waals surface area contributed by atoms with Crippen molar-refractivity contribution < 1.29 is 20.1 Å². The standard InChI is InChI=1S/C32H22N3.C12H10N.Ir/c1-22-10-12-24(13-11-22)27-16-17-28(32-30(27)20-33-21-35-32)29-19-25(31-9-5-6-18-34-31)14-15-26(29)23-7-3-2-4-8-23;1-10-7-8-13-12(9-10)11-5-3-2-4-6-11;/h2-13,15-21H,1H3;2-5,7-9H,1H3;/q2*-1;. The summed E-state index contributed by atoms with van der Waals surface area (Å²) in [6.45, 7) is 4.17. The minimum absolute atomic E-state index is 0. The smallest absolute Gasteiger partial charge is 0.116 e. The molecule has 0 spiro atoms. The second-order valence-electron chi connectivity index (χ2n) is 11.6. The second-order valence-corrected chi connectivity index (χ2v) is 11.6. The predicted molar refractivity (Wildman–Crippen MR) is 196 cm³/mol. The Morgan fingerprint density at radius 3 is 2.02 bits per heavy atom. The molecule has 1 radical (unpaired) electrons. The summed E-state index contributed by atoms with van der Waals surface area (Å²) in [5.74, 6) is 0. The number of aryl methyl sites for hydroxylation is 2. The van der Waals surface area contributed by atoms with Gasteiger partial charge in [-0.2, -0.15) is 0 Å². The molecule has 0 N–H and O–H groups in total. The zero-order valence-corrected chi connectivity index (χ0v) is 29.5. The Morgan fingerprint density at radius 2 is 1.27 bits per heavy atom. The molecule has 0 unspecified atom stereocenters. The van der Waals surface area contributed by atoms with Gasteiger partial charge >= 0.3 is 0 Å². The molecule has 4 nitrogen and oxygen atoms in total. The molecule has 0 fully saturated rings. The monoisotopic (exact) mass is 809 g/mol. The van der Waals surface area contributed by atoms with Gasteiger partial charge in [0, 0.05) is 44.1 Å². The van der Waals surface area contributed by atoms with E-state index in [0.29, 0.717) is 0 Å². The number of nitrogens with zero attached hydrogens (tertiary/aromatic N) is 4. The van der Waals surface area contributed by atoms with E-state index in [1.165, 1.54) is 11.1 Å². The first kappa shape index (κ1) is 33.3. The Balaban J connectivity index is 0.000000250. The van der Waals surface area contributed by atoms with E-state index >= 15 is 0 Å². The molecule has 239 valence electrons. The molecule has 8 aromatic rings. The van der Waals surface area contributed by atoms with E-state index in [0.717, 1.165) is 66.8 Å². The third-order valence-corrected chi connectivity index (χ3v) is 8.20. The molecule has 49 heavy (non-hydrogen) atoms. The van der Waals surface area contributed by atoms with E-state index in [1.807, 2.05) is 73.2 Å². The Kier molecular flexibility index (Phi) is 10.6. The summed E-state index contributed by atoms with van der Waals surface area (Å²) in [6.07, 6.45) is 7.18. The summed E-state index contributed by atoms with van der Waals surface area (Å²) in [4.78, 5) is 18.0. The number of fused-ring (bicyclic) bond motifs is 1. The maximum atomic E-state index is 4.76. The minimum Gasteiger partial charge on any atom is -0.305 e. The first-order chi connectivity index (χ1) is 23.6. The topological polar surface area (TPSA) is 51.6 Å². The largest absolute Gasteiger partial charge is 0.305 e. The molecule has 0 amide bonds. The van der Waals surface area contributed by atoms with Crippen LogP contribution in [-0.2, 0) is 20.1 Å². The van der Waals surface area contributed by atoms with Crippen LogP contribution >= 0.6 is 0 Å². The molecule has 5 aromatic carbocycles. The van der Waals surface area contributed by atoms with Gasteiger partial charge in [-0.05, 0) is 54.1 Å². The van der Waals surface area contributed by atoms with Crippen molar-refractivity contribution in [3.8, 4) is 55.9 Å². The van der Waals surface area contributed by atoms with Crippen LogP contribution in [-0.4, -0.2) is 19.9 Å². The minimum atomic E-state index is 0. The molecule has 3 heterocycles. The predicted octanol–water partition coefficient (Wildman–Crippen LogP) is 10.7. The van der Waals surface area contributed by atoms with Gasteiger partial charge in [0.2, 0.25) is 0 Å². The third kappa shape index (κ3) is 7.60. The summed E-state index contributed by atoms with van der Waals surface area (Å²) in [5, 5.41) is 1.03. The maximum absolute atomic E-state index is 4.76. The van der Waals surface area contributed by atoms with E-state index in [4.69, 9.17) is 4.98 Å². The SMILES string of the molecule is Cc1ccc(-c2ccc(-c3cc(-c4ccccn4)[c-]cc3-c3ccccc3)c3ncncc23)cc1.Cc1ccnc(-c2[c-]cccc2)c1.[Ir]. The van der Waals surface area contributed by atoms with Gasteiger partial charge in [-0.3, -0.25) is 0 Å². The van der Waals surface area contributed by atoms with Crippen LogP contribution in [0.5, 0.6) is 0 Å². The number of hydrogen-bond donors (Lipinski definition) is 0. The summed E-state index contributed by atoms with van der Waals surface area (Å²) in [6, 6.07) is 52.1. The second kappa shape index (κ2) is 15.5. The van der Waals surface area contributed by atoms with Crippen molar-refractivity contribution >= 4 is 10.9 Å². The van der Waals surface area contributed by atoms with Gasteiger partial charge in [-0.25, -0.2) is 9.97 Å². The number of hydrogen-bond acceptors (Lipinski definition) is 4. The van der Waals surface area contributed by atoms with Crippen molar-refractivity contribution in [2.75, 3.05) is 0 Å². The zero-order chi connectivity index (χ0) is 32.7. The molecule has 0 aliphatic heterocycles. The van der Waals surface area contributed by atoms with Crippen molar-refractivity contribution in [3.05, 3.63) is 182 Å². The molecule has 0 bridgehead atoms. The Labute approximate surface area is 301 Å². The fraction of sp³-hybridized carbons (Fsp3) is 0.0455. The molecule has 3 aromatic heterocycles. The molecule has 8 rings (SSSR count). The van der Waals surface area contributed by atoms with Crippen LogP contribution in [0.15, 0.2) is 158 Å². The molecule has 5 heteroatoms. The summed E-state index contributed by atoms with van der Waals surface area (Å²) in [7, 11) is 0. The van der Waals surface area contributed by atoms with Gasteiger partial charge in [0.15, 0.2) is 0 Å². The van der Waals surface area contributed by atoms with Crippen LogP contribution in [0.2, 0.25) is 0 Å². The molecule has 0 saturated carbocycles. The summed E-state index contributed by atoms with van der Waals surface area (Å²) in [5.41, 5.74) is 13.9. The van der Waals surface area contributed by atoms with Crippen molar-refractivity contribution in [1.29, 1.82) is 0 Å². The molecular weight excluding hydrogens is 777 g/mol. The normalized spacial score (nSPS) is 10.5. The van der Waals surface area contributed by atoms with Crippen LogP contribution in [0.1, 0.15) is 11.1 Å². The van der Waals surface area contributed by atoms with Crippen LogP contribution < -0.4 is 0 Å². The van der Waals surface area contributed by atoms with E-state index in [-0.39, 0.29) is 20.1 Å². The number of benzene rings is 5. The van der Waals surface area contributed by atoms with Gasteiger partial charge in [0.1, 0.15) is 6.33 Å². The third-order valence-electron chi connectivity index (χ3n) is 8.20. The Morgan fingerprint density at radius 1 is 0.510 bits per heavy atom. The number of aromatic nitrogens is 4. The maximum Gasteiger partial charge on any atom is 0.116 e. The average Bonchev–Trinajstić information content (AvgIpc) is 3.16. The van der Waals surface area contributed by atoms with Gasteiger partial charge in [0.05, 0.1) is 5.52 Å². The Hall–Kier alpha value is -5.61.